The van der Waals surface area contributed by atoms with Gasteiger partial charge in [-0.3, -0.25) is 4.90 Å². The minimum Gasteiger partial charge on any atom is -0.398 e. The number of nitrogens with one attached hydrogen (secondary N) is 1. The molecule has 1 aliphatic heterocycles. The number of ether oxygens (including phenoxy) is 1. The summed E-state index contributed by atoms with van der Waals surface area (Å²) in [5.74, 6) is 0. The normalized spacial score (nSPS) is 20.6. The van der Waals surface area contributed by atoms with E-state index in [1.807, 2.05) is 6.92 Å². The van der Waals surface area contributed by atoms with Crippen LogP contribution in [-0.2, 0) is 14.8 Å². The first kappa shape index (κ1) is 16.2. The van der Waals surface area contributed by atoms with Crippen LogP contribution in [0.5, 0.6) is 0 Å². The van der Waals surface area contributed by atoms with Crippen LogP contribution in [0.3, 0.4) is 0 Å². The van der Waals surface area contributed by atoms with E-state index in [1.165, 1.54) is 6.07 Å². The van der Waals surface area contributed by atoms with Crippen molar-refractivity contribution < 1.29 is 13.2 Å². The lowest BCUT2D eigenvalue weighted by Gasteiger charge is -2.32. The van der Waals surface area contributed by atoms with Gasteiger partial charge >= 0.3 is 0 Å². The van der Waals surface area contributed by atoms with Crippen LogP contribution < -0.4 is 10.5 Å². The van der Waals surface area contributed by atoms with E-state index in [-0.39, 0.29) is 23.2 Å². The number of nitrogens with zero attached hydrogens (tertiary/aromatic N) is 1. The third-order valence-electron chi connectivity index (χ3n) is 3.63. The van der Waals surface area contributed by atoms with Gasteiger partial charge in [0.1, 0.15) is 4.90 Å². The quantitative estimate of drug-likeness (QED) is 0.777. The molecule has 1 aromatic carbocycles. The number of likely N-dealkylation sites (N-methyl/N-ethyl adjacent to an activating group) is 1. The molecule has 0 bridgehead atoms. The van der Waals surface area contributed by atoms with Crippen LogP contribution in [0.15, 0.2) is 23.1 Å². The summed E-state index contributed by atoms with van der Waals surface area (Å²) in [6.45, 7) is 7.42. The van der Waals surface area contributed by atoms with Gasteiger partial charge in [-0.15, -0.1) is 0 Å². The molecule has 1 aromatic rings. The predicted octanol–water partition coefficient (Wildman–Crippen LogP) is 0.576. The molecule has 1 heterocycles. The number of sulfonamides is 1. The number of hydrogen-bond acceptors (Lipinski definition) is 5. The molecule has 1 aliphatic rings. The van der Waals surface area contributed by atoms with Crippen LogP contribution in [0, 0.1) is 6.92 Å². The number of nitrogen functional groups attached to an aromatic ring is 1. The smallest absolute Gasteiger partial charge is 0.242 e. The van der Waals surface area contributed by atoms with Gasteiger partial charge in [-0.1, -0.05) is 13.0 Å². The third kappa shape index (κ3) is 4.16. The summed E-state index contributed by atoms with van der Waals surface area (Å²) in [6, 6.07) is 4.93. The van der Waals surface area contributed by atoms with E-state index < -0.39 is 10.0 Å². The van der Waals surface area contributed by atoms with E-state index >= 15 is 0 Å². The molecule has 1 unspecified atom stereocenters. The summed E-state index contributed by atoms with van der Waals surface area (Å²) >= 11 is 0. The Morgan fingerprint density at radius 3 is 2.90 bits per heavy atom. The number of aryl methyl sites for hydroxylation is 1. The van der Waals surface area contributed by atoms with E-state index in [4.69, 9.17) is 10.5 Å². The highest BCUT2D eigenvalue weighted by atomic mass is 32.2. The zero-order valence-corrected chi connectivity index (χ0v) is 13.3. The molecule has 3 N–H and O–H groups in total. The molecule has 7 heteroatoms. The van der Waals surface area contributed by atoms with Gasteiger partial charge < -0.3 is 10.5 Å². The van der Waals surface area contributed by atoms with Gasteiger partial charge in [0, 0.05) is 19.6 Å². The Morgan fingerprint density at radius 1 is 1.48 bits per heavy atom. The van der Waals surface area contributed by atoms with Crippen molar-refractivity contribution in [3.63, 3.8) is 0 Å². The Morgan fingerprint density at radius 2 is 2.24 bits per heavy atom. The van der Waals surface area contributed by atoms with Crippen LogP contribution >= 0.6 is 0 Å². The molecule has 1 atom stereocenters. The number of rotatable bonds is 5. The fourth-order valence-corrected chi connectivity index (χ4v) is 3.56. The van der Waals surface area contributed by atoms with Crippen LogP contribution in [-0.4, -0.2) is 52.2 Å². The minimum absolute atomic E-state index is 0.122. The SMILES string of the molecule is CCN1CCOC(CNS(=O)(=O)c2ccc(C)cc2N)C1. The lowest BCUT2D eigenvalue weighted by molar-refractivity contribution is -0.0229. The summed E-state index contributed by atoms with van der Waals surface area (Å²) in [7, 11) is -3.60. The van der Waals surface area contributed by atoms with E-state index in [0.29, 0.717) is 6.61 Å². The lowest BCUT2D eigenvalue weighted by atomic mass is 10.2. The van der Waals surface area contributed by atoms with Gasteiger partial charge in [0.2, 0.25) is 10.0 Å². The number of nitrogens with two attached hydrogens (primary N) is 1. The van der Waals surface area contributed by atoms with Gasteiger partial charge in [-0.2, -0.15) is 0 Å². The van der Waals surface area contributed by atoms with E-state index in [9.17, 15) is 8.42 Å². The van der Waals surface area contributed by atoms with Crippen molar-refractivity contribution in [1.82, 2.24) is 9.62 Å². The lowest BCUT2D eigenvalue weighted by Crippen LogP contribution is -2.47. The van der Waals surface area contributed by atoms with Gasteiger partial charge in [0.15, 0.2) is 0 Å². The van der Waals surface area contributed by atoms with Gasteiger partial charge in [-0.25, -0.2) is 13.1 Å². The fourth-order valence-electron chi connectivity index (χ4n) is 2.38. The van der Waals surface area contributed by atoms with Gasteiger partial charge in [0.05, 0.1) is 18.4 Å². The number of hydrogen-bond donors (Lipinski definition) is 2. The summed E-state index contributed by atoms with van der Waals surface area (Å²) < 4.78 is 32.8. The minimum atomic E-state index is -3.60. The predicted molar refractivity (Wildman–Crippen MR) is 82.6 cm³/mol. The van der Waals surface area contributed by atoms with Gasteiger partial charge in [-0.05, 0) is 31.2 Å². The Bertz CT molecular complexity index is 589. The van der Waals surface area contributed by atoms with Crippen molar-refractivity contribution >= 4 is 15.7 Å². The average molecular weight is 313 g/mol. The van der Waals surface area contributed by atoms with Gasteiger partial charge in [0.25, 0.3) is 0 Å². The highest BCUT2D eigenvalue weighted by Crippen LogP contribution is 2.19. The summed E-state index contributed by atoms with van der Waals surface area (Å²) in [6.07, 6.45) is -0.125. The molecule has 118 valence electrons. The van der Waals surface area contributed by atoms with E-state index in [2.05, 4.69) is 16.5 Å². The Labute approximate surface area is 126 Å². The molecule has 0 aromatic heterocycles. The molecule has 0 saturated carbocycles. The molecule has 0 radical (unpaired) electrons. The molecule has 0 spiro atoms. The zero-order chi connectivity index (χ0) is 15.5. The highest BCUT2D eigenvalue weighted by molar-refractivity contribution is 7.89. The average Bonchev–Trinajstić information content (AvgIpc) is 2.45. The second kappa shape index (κ2) is 6.74. The standard InChI is InChI=1S/C14H23N3O3S/c1-3-17-6-7-20-12(10-17)9-16-21(18,19)14-5-4-11(2)8-13(14)15/h4-5,8,12,16H,3,6-7,9-10,15H2,1-2H3. The Kier molecular flexibility index (Phi) is 5.21. The molecule has 6 nitrogen and oxygen atoms in total. The Hall–Kier alpha value is -1.15. The first-order chi connectivity index (χ1) is 9.92. The van der Waals surface area contributed by atoms with Crippen molar-refractivity contribution in [3.05, 3.63) is 23.8 Å². The second-order valence-electron chi connectivity index (χ2n) is 5.28. The molecule has 1 saturated heterocycles. The van der Waals surface area contributed by atoms with E-state index in [0.717, 1.165) is 25.2 Å². The van der Waals surface area contributed by atoms with Crippen molar-refractivity contribution in [2.75, 3.05) is 38.5 Å². The van der Waals surface area contributed by atoms with E-state index in [1.54, 1.807) is 12.1 Å². The highest BCUT2D eigenvalue weighted by Gasteiger charge is 2.23. The number of anilines is 1. The monoisotopic (exact) mass is 313 g/mol. The van der Waals surface area contributed by atoms with Crippen molar-refractivity contribution in [3.8, 4) is 0 Å². The van der Waals surface area contributed by atoms with Crippen molar-refractivity contribution in [1.29, 1.82) is 0 Å². The van der Waals surface area contributed by atoms with Crippen molar-refractivity contribution in [2.45, 2.75) is 24.8 Å². The zero-order valence-electron chi connectivity index (χ0n) is 12.5. The molecule has 21 heavy (non-hydrogen) atoms. The molecular weight excluding hydrogens is 290 g/mol. The summed E-state index contributed by atoms with van der Waals surface area (Å²) in [5, 5.41) is 0. The maximum Gasteiger partial charge on any atom is 0.242 e. The maximum absolute atomic E-state index is 12.3. The van der Waals surface area contributed by atoms with Crippen LogP contribution in [0.1, 0.15) is 12.5 Å². The molecule has 2 rings (SSSR count). The van der Waals surface area contributed by atoms with Crippen LogP contribution in [0.2, 0.25) is 0 Å². The summed E-state index contributed by atoms with van der Waals surface area (Å²) in [5.41, 5.74) is 7.00. The summed E-state index contributed by atoms with van der Waals surface area (Å²) in [4.78, 5) is 2.36. The second-order valence-corrected chi connectivity index (χ2v) is 7.01. The van der Waals surface area contributed by atoms with Crippen LogP contribution in [0.25, 0.3) is 0 Å². The number of benzene rings is 1. The molecule has 0 aliphatic carbocycles. The maximum atomic E-state index is 12.3. The fraction of sp³-hybridized carbons (Fsp3) is 0.571. The third-order valence-corrected chi connectivity index (χ3v) is 5.12. The first-order valence-electron chi connectivity index (χ1n) is 7.12. The molecular formula is C14H23N3O3S. The number of morpholine rings is 1. The topological polar surface area (TPSA) is 84.7 Å². The molecule has 0 amide bonds. The molecule has 1 fully saturated rings. The Balaban J connectivity index is 2.01. The first-order valence-corrected chi connectivity index (χ1v) is 8.60. The van der Waals surface area contributed by atoms with Crippen LogP contribution in [0.4, 0.5) is 5.69 Å². The largest absolute Gasteiger partial charge is 0.398 e. The van der Waals surface area contributed by atoms with Crippen molar-refractivity contribution in [2.24, 2.45) is 0 Å².